The topological polar surface area (TPSA) is 72.9 Å². The first-order chi connectivity index (χ1) is 7.69. The lowest BCUT2D eigenvalue weighted by Gasteiger charge is -2.02. The molecule has 0 aromatic carbocycles. The molecule has 0 bridgehead atoms. The van der Waals surface area contributed by atoms with Gasteiger partial charge in [-0.25, -0.2) is 0 Å². The number of hydrogen-bond acceptors (Lipinski definition) is 3. The standard InChI is InChI=1S/C11H20N4O/c1-3-5-6-7-13-11(16)10-9(12)8-15(4-2)14-10/h8H,3-7,12H2,1-2H3,(H,13,16). The van der Waals surface area contributed by atoms with Gasteiger partial charge in [-0.1, -0.05) is 19.8 Å². The monoisotopic (exact) mass is 224 g/mol. The first-order valence-corrected chi connectivity index (χ1v) is 5.80. The number of unbranched alkanes of at least 4 members (excludes halogenated alkanes) is 2. The van der Waals surface area contributed by atoms with Crippen LogP contribution in [0.4, 0.5) is 5.69 Å². The van der Waals surface area contributed by atoms with Crippen molar-refractivity contribution in [2.45, 2.75) is 39.7 Å². The van der Waals surface area contributed by atoms with Gasteiger partial charge < -0.3 is 11.1 Å². The number of aromatic nitrogens is 2. The predicted molar refractivity (Wildman–Crippen MR) is 64.2 cm³/mol. The summed E-state index contributed by atoms with van der Waals surface area (Å²) in [5.41, 5.74) is 6.48. The molecule has 1 heterocycles. The number of nitrogens with two attached hydrogens (primary N) is 1. The minimum Gasteiger partial charge on any atom is -0.396 e. The molecule has 90 valence electrons. The van der Waals surface area contributed by atoms with Crippen molar-refractivity contribution in [3.8, 4) is 0 Å². The largest absolute Gasteiger partial charge is 0.396 e. The average Bonchev–Trinajstić information content (AvgIpc) is 2.66. The third-order valence-electron chi connectivity index (χ3n) is 2.39. The zero-order chi connectivity index (χ0) is 12.0. The maximum atomic E-state index is 11.7. The highest BCUT2D eigenvalue weighted by atomic mass is 16.1. The molecular weight excluding hydrogens is 204 g/mol. The lowest BCUT2D eigenvalue weighted by Crippen LogP contribution is -2.25. The van der Waals surface area contributed by atoms with Crippen LogP contribution in [-0.2, 0) is 6.54 Å². The molecule has 0 aliphatic rings. The number of nitrogens with one attached hydrogen (secondary N) is 1. The van der Waals surface area contributed by atoms with E-state index in [-0.39, 0.29) is 5.91 Å². The van der Waals surface area contributed by atoms with Crippen molar-refractivity contribution in [1.82, 2.24) is 15.1 Å². The number of carbonyl (C=O) groups excluding carboxylic acids is 1. The summed E-state index contributed by atoms with van der Waals surface area (Å²) < 4.78 is 1.66. The van der Waals surface area contributed by atoms with Crippen LogP contribution in [0.5, 0.6) is 0 Å². The summed E-state index contributed by atoms with van der Waals surface area (Å²) in [5.74, 6) is -0.180. The Labute approximate surface area is 96.0 Å². The molecule has 0 saturated heterocycles. The molecule has 5 heteroatoms. The molecule has 0 fully saturated rings. The van der Waals surface area contributed by atoms with E-state index >= 15 is 0 Å². The maximum absolute atomic E-state index is 11.7. The Balaban J connectivity index is 2.49. The second-order valence-corrected chi connectivity index (χ2v) is 3.75. The van der Waals surface area contributed by atoms with Crippen LogP contribution in [0.1, 0.15) is 43.6 Å². The third kappa shape index (κ3) is 3.25. The predicted octanol–water partition coefficient (Wildman–Crippen LogP) is 1.41. The third-order valence-corrected chi connectivity index (χ3v) is 2.39. The molecule has 1 amide bonds. The fraction of sp³-hybridized carbons (Fsp3) is 0.636. The molecule has 0 radical (unpaired) electrons. The fourth-order valence-corrected chi connectivity index (χ4v) is 1.44. The molecule has 0 saturated carbocycles. The minimum atomic E-state index is -0.180. The normalized spacial score (nSPS) is 10.4. The van der Waals surface area contributed by atoms with Gasteiger partial charge in [0.1, 0.15) is 0 Å². The van der Waals surface area contributed by atoms with Crippen LogP contribution in [-0.4, -0.2) is 22.2 Å². The summed E-state index contributed by atoms with van der Waals surface area (Å²) in [5, 5.41) is 6.92. The van der Waals surface area contributed by atoms with Gasteiger partial charge in [-0.05, 0) is 13.3 Å². The number of carbonyl (C=O) groups is 1. The Morgan fingerprint density at radius 3 is 2.81 bits per heavy atom. The Morgan fingerprint density at radius 2 is 2.25 bits per heavy atom. The van der Waals surface area contributed by atoms with Gasteiger partial charge in [0.15, 0.2) is 5.69 Å². The Hall–Kier alpha value is -1.52. The van der Waals surface area contributed by atoms with Crippen molar-refractivity contribution in [3.63, 3.8) is 0 Å². The van der Waals surface area contributed by atoms with E-state index in [2.05, 4.69) is 17.3 Å². The maximum Gasteiger partial charge on any atom is 0.273 e. The van der Waals surface area contributed by atoms with Gasteiger partial charge >= 0.3 is 0 Å². The molecule has 16 heavy (non-hydrogen) atoms. The van der Waals surface area contributed by atoms with Crippen LogP contribution in [0.2, 0.25) is 0 Å². The summed E-state index contributed by atoms with van der Waals surface area (Å²) in [4.78, 5) is 11.7. The van der Waals surface area contributed by atoms with E-state index in [0.717, 1.165) is 19.3 Å². The SMILES string of the molecule is CCCCCNC(=O)c1nn(CC)cc1N. The first kappa shape index (κ1) is 12.5. The van der Waals surface area contributed by atoms with Gasteiger partial charge in [-0.3, -0.25) is 9.48 Å². The fourth-order valence-electron chi connectivity index (χ4n) is 1.44. The molecule has 1 rings (SSSR count). The number of nitrogen functional groups attached to an aromatic ring is 1. The van der Waals surface area contributed by atoms with Crippen molar-refractivity contribution in [3.05, 3.63) is 11.9 Å². The lowest BCUT2D eigenvalue weighted by atomic mass is 10.2. The minimum absolute atomic E-state index is 0.180. The second kappa shape index (κ2) is 6.15. The zero-order valence-corrected chi connectivity index (χ0v) is 9.99. The average molecular weight is 224 g/mol. The van der Waals surface area contributed by atoms with Gasteiger partial charge in [-0.15, -0.1) is 0 Å². The Kier molecular flexibility index (Phi) is 4.82. The summed E-state index contributed by atoms with van der Waals surface area (Å²) in [7, 11) is 0. The van der Waals surface area contributed by atoms with Crippen LogP contribution in [0, 0.1) is 0 Å². The quantitative estimate of drug-likeness (QED) is 0.717. The molecule has 0 aliphatic carbocycles. The number of amides is 1. The van der Waals surface area contributed by atoms with Gasteiger partial charge in [-0.2, -0.15) is 5.10 Å². The summed E-state index contributed by atoms with van der Waals surface area (Å²) in [6.45, 7) is 5.48. The molecule has 0 aliphatic heterocycles. The van der Waals surface area contributed by atoms with Crippen molar-refractivity contribution in [2.24, 2.45) is 0 Å². The van der Waals surface area contributed by atoms with Crippen LogP contribution < -0.4 is 11.1 Å². The number of rotatable bonds is 6. The smallest absolute Gasteiger partial charge is 0.273 e. The number of aryl methyl sites for hydroxylation is 1. The van der Waals surface area contributed by atoms with E-state index in [4.69, 9.17) is 5.73 Å². The van der Waals surface area contributed by atoms with E-state index in [0.29, 0.717) is 24.5 Å². The highest BCUT2D eigenvalue weighted by Gasteiger charge is 2.13. The molecule has 1 aromatic heterocycles. The van der Waals surface area contributed by atoms with E-state index < -0.39 is 0 Å². The highest BCUT2D eigenvalue weighted by molar-refractivity contribution is 5.96. The van der Waals surface area contributed by atoms with Crippen molar-refractivity contribution in [1.29, 1.82) is 0 Å². The van der Waals surface area contributed by atoms with Crippen molar-refractivity contribution in [2.75, 3.05) is 12.3 Å². The van der Waals surface area contributed by atoms with E-state index in [9.17, 15) is 4.79 Å². The van der Waals surface area contributed by atoms with Crippen LogP contribution in [0.3, 0.4) is 0 Å². The van der Waals surface area contributed by atoms with Crippen LogP contribution in [0.25, 0.3) is 0 Å². The van der Waals surface area contributed by atoms with Crippen LogP contribution in [0.15, 0.2) is 6.20 Å². The molecule has 0 spiro atoms. The van der Waals surface area contributed by atoms with Crippen LogP contribution >= 0.6 is 0 Å². The molecule has 3 N–H and O–H groups in total. The lowest BCUT2D eigenvalue weighted by molar-refractivity contribution is 0.0948. The van der Waals surface area contributed by atoms with Crippen molar-refractivity contribution < 1.29 is 4.79 Å². The van der Waals surface area contributed by atoms with E-state index in [1.807, 2.05) is 6.92 Å². The molecule has 0 atom stereocenters. The van der Waals surface area contributed by atoms with E-state index in [1.54, 1.807) is 10.9 Å². The Morgan fingerprint density at radius 1 is 1.50 bits per heavy atom. The zero-order valence-electron chi connectivity index (χ0n) is 9.99. The Bertz CT molecular complexity index is 346. The number of nitrogens with zero attached hydrogens (tertiary/aromatic N) is 2. The molecule has 5 nitrogen and oxygen atoms in total. The number of hydrogen-bond donors (Lipinski definition) is 2. The summed E-state index contributed by atoms with van der Waals surface area (Å²) >= 11 is 0. The van der Waals surface area contributed by atoms with Gasteiger partial charge in [0.05, 0.1) is 5.69 Å². The van der Waals surface area contributed by atoms with Gasteiger partial charge in [0.25, 0.3) is 5.91 Å². The van der Waals surface area contributed by atoms with Gasteiger partial charge in [0.2, 0.25) is 0 Å². The van der Waals surface area contributed by atoms with Crippen molar-refractivity contribution >= 4 is 11.6 Å². The summed E-state index contributed by atoms with van der Waals surface area (Å²) in [6.07, 6.45) is 4.94. The molecular formula is C11H20N4O. The molecule has 0 unspecified atom stereocenters. The second-order valence-electron chi connectivity index (χ2n) is 3.75. The highest BCUT2D eigenvalue weighted by Crippen LogP contribution is 2.08. The van der Waals surface area contributed by atoms with E-state index in [1.165, 1.54) is 0 Å². The van der Waals surface area contributed by atoms with Gasteiger partial charge in [0, 0.05) is 19.3 Å². The summed E-state index contributed by atoms with van der Waals surface area (Å²) in [6, 6.07) is 0. The molecule has 1 aromatic rings. The first-order valence-electron chi connectivity index (χ1n) is 5.80. The number of anilines is 1.